The Hall–Kier alpha value is -3.40. The second-order valence-electron chi connectivity index (χ2n) is 14.4. The summed E-state index contributed by atoms with van der Waals surface area (Å²) in [5.74, 6) is 3.98. The molecule has 6 aliphatic rings. The average Bonchev–Trinajstić information content (AvgIpc) is 4.14. The molecular formula is C56H104N4. The van der Waals surface area contributed by atoms with Crippen molar-refractivity contribution in [2.75, 3.05) is 13.1 Å². The van der Waals surface area contributed by atoms with Crippen LogP contribution in [0.2, 0.25) is 0 Å². The van der Waals surface area contributed by atoms with Crippen LogP contribution in [0, 0.1) is 35.5 Å². The molecule has 348 valence electrons. The van der Waals surface area contributed by atoms with E-state index in [1.807, 2.05) is 102 Å². The smallest absolute Gasteiger partial charge is 0.0605 e. The third-order valence-corrected chi connectivity index (χ3v) is 8.28. The van der Waals surface area contributed by atoms with E-state index in [1.54, 1.807) is 5.57 Å². The summed E-state index contributed by atoms with van der Waals surface area (Å²) >= 11 is 0. The van der Waals surface area contributed by atoms with Crippen LogP contribution in [-0.2, 0) is 0 Å². The Balaban J connectivity index is -0.000000139. The van der Waals surface area contributed by atoms with Gasteiger partial charge in [-0.3, -0.25) is 20.0 Å². The normalized spacial score (nSPS) is 14.7. The lowest BCUT2D eigenvalue weighted by Crippen LogP contribution is -2.02. The van der Waals surface area contributed by atoms with E-state index in [0.29, 0.717) is 29.6 Å². The van der Waals surface area contributed by atoms with Gasteiger partial charge in [0.1, 0.15) is 0 Å². The fraction of sp³-hybridized carbons (Fsp3) is 0.643. The Morgan fingerprint density at radius 1 is 0.500 bits per heavy atom. The van der Waals surface area contributed by atoms with Gasteiger partial charge in [0.25, 0.3) is 0 Å². The van der Waals surface area contributed by atoms with Gasteiger partial charge in [0.05, 0.1) is 13.1 Å². The summed E-state index contributed by atoms with van der Waals surface area (Å²) in [4.78, 5) is 16.7. The summed E-state index contributed by atoms with van der Waals surface area (Å²) in [5.41, 5.74) is 8.29. The van der Waals surface area contributed by atoms with Crippen molar-refractivity contribution in [3.8, 4) is 0 Å². The van der Waals surface area contributed by atoms with E-state index >= 15 is 0 Å². The minimum Gasteiger partial charge on any atom is -0.289 e. The molecule has 0 atom stereocenters. The minimum absolute atomic E-state index is 0.605. The molecule has 0 saturated carbocycles. The average molecular weight is 833 g/mol. The quantitative estimate of drug-likeness (QED) is 0.256. The lowest BCUT2D eigenvalue weighted by Gasteiger charge is -2.02. The molecule has 0 spiro atoms. The van der Waals surface area contributed by atoms with Gasteiger partial charge in [-0.05, 0) is 71.6 Å². The molecule has 4 heteroatoms. The zero-order chi connectivity index (χ0) is 47.9. The molecule has 0 bridgehead atoms. The van der Waals surface area contributed by atoms with Crippen LogP contribution in [0.1, 0.15) is 192 Å². The van der Waals surface area contributed by atoms with Gasteiger partial charge < -0.3 is 0 Å². The Kier molecular flexibility index (Phi) is 58.9. The summed E-state index contributed by atoms with van der Waals surface area (Å²) in [5, 5.41) is 0. The first kappa shape index (κ1) is 68.3. The molecule has 0 amide bonds. The van der Waals surface area contributed by atoms with Crippen molar-refractivity contribution in [2.24, 2.45) is 55.5 Å². The number of hydrogen-bond donors (Lipinski definition) is 0. The molecule has 0 aromatic rings. The zero-order valence-electron chi connectivity index (χ0n) is 44.6. The van der Waals surface area contributed by atoms with Crippen LogP contribution >= 0.6 is 0 Å². The molecule has 0 radical (unpaired) electrons. The lowest BCUT2D eigenvalue weighted by atomic mass is 10.0. The second kappa shape index (κ2) is 51.7. The van der Waals surface area contributed by atoms with E-state index in [9.17, 15) is 0 Å². The minimum atomic E-state index is 0.605. The number of hydrogen-bond acceptors (Lipinski definition) is 4. The first-order valence-corrected chi connectivity index (χ1v) is 24.4. The van der Waals surface area contributed by atoms with Crippen molar-refractivity contribution in [1.29, 1.82) is 0 Å². The maximum Gasteiger partial charge on any atom is 0.0605 e. The van der Waals surface area contributed by atoms with Crippen LogP contribution in [0.25, 0.3) is 0 Å². The molecule has 60 heavy (non-hydrogen) atoms. The molecule has 0 aromatic carbocycles. The largest absolute Gasteiger partial charge is 0.289 e. The molecule has 2 aliphatic carbocycles. The number of rotatable bonds is 6. The SMILES string of the molecule is CC.CC.CC.CC.CC.CC.CC(C)C1=CC=CC1.CC(C)C1=CC=NC1.CC(C)C1=CCC=C1.CC(C)C1=CCC=N1.CC(C)C1=NC=CC1.CC(C)C1=NCC=C1. The number of nitrogens with zero attached hydrogens (tertiary/aromatic N) is 4. The van der Waals surface area contributed by atoms with E-state index in [-0.39, 0.29) is 0 Å². The highest BCUT2D eigenvalue weighted by atomic mass is 14.8. The highest BCUT2D eigenvalue weighted by molar-refractivity contribution is 5.97. The fourth-order valence-corrected chi connectivity index (χ4v) is 4.82. The topological polar surface area (TPSA) is 49.4 Å². The molecule has 4 aliphatic heterocycles. The molecule has 0 fully saturated rings. The highest BCUT2D eigenvalue weighted by Crippen LogP contribution is 2.19. The molecule has 4 nitrogen and oxygen atoms in total. The molecule has 4 heterocycles. The van der Waals surface area contributed by atoms with E-state index in [4.69, 9.17) is 0 Å². The zero-order valence-corrected chi connectivity index (χ0v) is 44.6. The fourth-order valence-electron chi connectivity index (χ4n) is 4.82. The van der Waals surface area contributed by atoms with Crippen LogP contribution in [0.15, 0.2) is 115 Å². The maximum atomic E-state index is 4.24. The summed E-state index contributed by atoms with van der Waals surface area (Å²) in [6, 6.07) is 0. The van der Waals surface area contributed by atoms with E-state index in [1.165, 1.54) is 34.7 Å². The standard InChI is InChI=1S/2C8H12.4C7H11N.6C2H6/c2*1-7(2)8-5-3-4-6-8;1-6(2)7-3-4-8-5-7;3*1-6(2)7-4-3-5-8-7;6*1-2/h3,5-7H,4H2,1-2H3;3-5,7H,6H2,1-2H3;3-4,6H,5H2,1-2H3;4-6H,3H2,1-2H3;3,5-6H,4H2,1-2H3;3-4,6H,5H2,1-2H3;6*1-2H3. The summed E-state index contributed by atoms with van der Waals surface area (Å²) < 4.78 is 0. The number of allylic oxidation sites excluding steroid dienone is 13. The Bertz CT molecular complexity index is 1150. The second-order valence-corrected chi connectivity index (χ2v) is 14.4. The first-order valence-electron chi connectivity index (χ1n) is 24.4. The van der Waals surface area contributed by atoms with Crippen molar-refractivity contribution in [2.45, 2.75) is 192 Å². The Morgan fingerprint density at radius 3 is 1.28 bits per heavy atom. The van der Waals surface area contributed by atoms with Crippen LogP contribution in [0.5, 0.6) is 0 Å². The third kappa shape index (κ3) is 40.0. The van der Waals surface area contributed by atoms with Crippen molar-refractivity contribution in [1.82, 2.24) is 0 Å². The maximum absolute atomic E-state index is 4.24. The van der Waals surface area contributed by atoms with Gasteiger partial charge >= 0.3 is 0 Å². The summed E-state index contributed by atoms with van der Waals surface area (Å²) in [7, 11) is 0. The molecule has 0 saturated heterocycles. The molecular weight excluding hydrogens is 729 g/mol. The van der Waals surface area contributed by atoms with Crippen molar-refractivity contribution < 1.29 is 0 Å². The van der Waals surface area contributed by atoms with Crippen molar-refractivity contribution >= 4 is 23.9 Å². The number of aliphatic imine (C=N–C) groups is 4. The molecule has 0 N–H and O–H groups in total. The lowest BCUT2D eigenvalue weighted by molar-refractivity contribution is 0.753. The van der Waals surface area contributed by atoms with Crippen molar-refractivity contribution in [3.63, 3.8) is 0 Å². The van der Waals surface area contributed by atoms with Crippen LogP contribution < -0.4 is 0 Å². The predicted molar refractivity (Wildman–Crippen MR) is 286 cm³/mol. The van der Waals surface area contributed by atoms with Gasteiger partial charge in [-0.1, -0.05) is 226 Å². The van der Waals surface area contributed by atoms with E-state index < -0.39 is 0 Å². The van der Waals surface area contributed by atoms with Gasteiger partial charge in [0.15, 0.2) is 0 Å². The van der Waals surface area contributed by atoms with Crippen LogP contribution in [0.3, 0.4) is 0 Å². The molecule has 0 aromatic heterocycles. The van der Waals surface area contributed by atoms with Gasteiger partial charge in [-0.25, -0.2) is 0 Å². The third-order valence-electron chi connectivity index (χ3n) is 8.28. The molecule has 0 unspecified atom stereocenters. The van der Waals surface area contributed by atoms with Crippen LogP contribution in [0.4, 0.5) is 0 Å². The van der Waals surface area contributed by atoms with Gasteiger partial charge in [0, 0.05) is 48.6 Å². The van der Waals surface area contributed by atoms with Gasteiger partial charge in [-0.2, -0.15) is 0 Å². The van der Waals surface area contributed by atoms with Gasteiger partial charge in [0.2, 0.25) is 0 Å². The Labute approximate surface area is 378 Å². The molecule has 6 rings (SSSR count). The van der Waals surface area contributed by atoms with Crippen LogP contribution in [-0.4, -0.2) is 36.9 Å². The van der Waals surface area contributed by atoms with Crippen molar-refractivity contribution in [3.05, 3.63) is 95.5 Å². The monoisotopic (exact) mass is 833 g/mol. The van der Waals surface area contributed by atoms with E-state index in [2.05, 4.69) is 170 Å². The predicted octanol–water partition coefficient (Wildman–Crippen LogP) is 18.5. The first-order chi connectivity index (χ1) is 28.8. The Morgan fingerprint density at radius 2 is 1.08 bits per heavy atom. The summed E-state index contributed by atoms with van der Waals surface area (Å²) in [6.07, 6.45) is 34.0. The highest BCUT2D eigenvalue weighted by Gasteiger charge is 2.06. The van der Waals surface area contributed by atoms with Gasteiger partial charge in [-0.15, -0.1) is 0 Å². The summed E-state index contributed by atoms with van der Waals surface area (Å²) in [6.45, 7) is 52.1. The van der Waals surface area contributed by atoms with E-state index in [0.717, 1.165) is 38.3 Å².